The third-order valence-electron chi connectivity index (χ3n) is 14.2. The highest BCUT2D eigenvalue weighted by atomic mass is 19.1. The molecule has 79 heavy (non-hydrogen) atoms. The zero-order chi connectivity index (χ0) is 54.0. The largest absolute Gasteiger partial charge is 0.478 e. The first-order valence-electron chi connectivity index (χ1n) is 25.6. The molecule has 0 radical (unpaired) electrons. The summed E-state index contributed by atoms with van der Waals surface area (Å²) in [6.45, 7) is -0.291. The molecule has 4 heterocycles. The molecule has 0 fully saturated rings. The van der Waals surface area contributed by atoms with Gasteiger partial charge in [-0.15, -0.1) is 0 Å². The van der Waals surface area contributed by atoms with Crippen molar-refractivity contribution in [3.05, 3.63) is 273 Å². The van der Waals surface area contributed by atoms with Crippen molar-refractivity contribution in [2.45, 2.75) is 38.1 Å². The lowest BCUT2D eigenvalue weighted by Gasteiger charge is -2.23. The molecule has 10 aromatic rings. The maximum absolute atomic E-state index is 14.9. The third-order valence-corrected chi connectivity index (χ3v) is 14.2. The molecule has 2 aliphatic rings. The fourth-order valence-electron chi connectivity index (χ4n) is 10.5. The number of carbonyl (C=O) groups is 4. The Kier molecular flexibility index (Phi) is 13.7. The van der Waals surface area contributed by atoms with Gasteiger partial charge in [-0.05, 0) is 81.6 Å². The summed E-state index contributed by atoms with van der Waals surface area (Å²) in [6, 6.07) is 49.2. The standard InChI is InChI=1S/C64H46F2N6O7/c65-45-25-21-39(22-26-45)37-71-61(73)49-47(53-55(69-33-31-67-53)59(51(49)63(71)75)78-57(41-13-5-1-6-14-41)42-15-7-2-8-16-42)29-35-77-36-30-48-50-52(64(76)72(62(50)74)38-40-23-27-46(66)28-24-40)60(56-54(48)68-32-34-70-56)79-58(43-17-9-3-10-18-43)44-19-11-4-12-20-44/h1-28,31-34,57-58H,29-30,35-38H2. The summed E-state index contributed by atoms with van der Waals surface area (Å²) in [5.41, 5.74) is 6.42. The van der Waals surface area contributed by atoms with Crippen LogP contribution in [-0.2, 0) is 30.7 Å². The van der Waals surface area contributed by atoms with E-state index in [2.05, 4.69) is 0 Å². The van der Waals surface area contributed by atoms with Crippen LogP contribution >= 0.6 is 0 Å². The fraction of sp³-hybridized carbons (Fsp3) is 0.125. The Labute approximate surface area is 451 Å². The van der Waals surface area contributed by atoms with E-state index in [1.54, 1.807) is 0 Å². The monoisotopic (exact) mass is 1050 g/mol. The van der Waals surface area contributed by atoms with Crippen LogP contribution in [0, 0.1) is 11.6 Å². The Bertz CT molecular complexity index is 3610. The number of fused-ring (bicyclic) bond motifs is 4. The number of ether oxygens (including phenoxy) is 3. The first-order valence-corrected chi connectivity index (χ1v) is 25.6. The number of benzene rings is 8. The molecule has 0 saturated carbocycles. The molecule has 388 valence electrons. The van der Waals surface area contributed by atoms with Crippen LogP contribution in [-0.4, -0.2) is 66.6 Å². The predicted molar refractivity (Wildman–Crippen MR) is 289 cm³/mol. The summed E-state index contributed by atoms with van der Waals surface area (Å²) in [6.07, 6.45) is 4.71. The van der Waals surface area contributed by atoms with Gasteiger partial charge in [0.2, 0.25) is 0 Å². The lowest BCUT2D eigenvalue weighted by molar-refractivity contribution is 0.0625. The molecule has 15 heteroatoms. The predicted octanol–water partition coefficient (Wildman–Crippen LogP) is 11.6. The number of carbonyl (C=O) groups excluding carboxylic acids is 4. The number of halogens is 2. The Balaban J connectivity index is 0.902. The maximum Gasteiger partial charge on any atom is 0.265 e. The molecule has 2 aliphatic heterocycles. The molecule has 0 N–H and O–H groups in total. The molecule has 0 unspecified atom stereocenters. The van der Waals surface area contributed by atoms with Gasteiger partial charge in [0.25, 0.3) is 23.6 Å². The number of nitrogens with zero attached hydrogens (tertiary/aromatic N) is 6. The first-order chi connectivity index (χ1) is 38.7. The minimum atomic E-state index is -0.728. The molecular weight excluding hydrogens is 1000 g/mol. The van der Waals surface area contributed by atoms with E-state index in [-0.39, 0.29) is 83.9 Å². The summed E-state index contributed by atoms with van der Waals surface area (Å²) in [4.78, 5) is 80.7. The summed E-state index contributed by atoms with van der Waals surface area (Å²) in [7, 11) is 0. The van der Waals surface area contributed by atoms with Crippen LogP contribution in [0.4, 0.5) is 8.78 Å². The Hall–Kier alpha value is -9.86. The maximum atomic E-state index is 14.9. The molecule has 8 aromatic carbocycles. The van der Waals surface area contributed by atoms with Crippen LogP contribution < -0.4 is 9.47 Å². The lowest BCUT2D eigenvalue weighted by Crippen LogP contribution is -2.29. The molecule has 12 rings (SSSR count). The summed E-state index contributed by atoms with van der Waals surface area (Å²) in [5.74, 6) is -3.17. The zero-order valence-corrected chi connectivity index (χ0v) is 42.2. The fourth-order valence-corrected chi connectivity index (χ4v) is 10.5. The van der Waals surface area contributed by atoms with E-state index in [0.29, 0.717) is 33.3 Å². The quantitative estimate of drug-likeness (QED) is 0.0596. The van der Waals surface area contributed by atoms with E-state index in [9.17, 15) is 28.0 Å². The van der Waals surface area contributed by atoms with E-state index >= 15 is 0 Å². The Morgan fingerprint density at radius 1 is 0.380 bits per heavy atom. The molecule has 0 bridgehead atoms. The molecular formula is C64H46F2N6O7. The van der Waals surface area contributed by atoms with Crippen LogP contribution in [0.5, 0.6) is 11.5 Å². The number of aromatic nitrogens is 4. The van der Waals surface area contributed by atoms with Crippen LogP contribution in [0.1, 0.15) is 98.1 Å². The van der Waals surface area contributed by atoms with Crippen molar-refractivity contribution < 1.29 is 42.2 Å². The molecule has 0 saturated heterocycles. The smallest absolute Gasteiger partial charge is 0.265 e. The van der Waals surface area contributed by atoms with Gasteiger partial charge >= 0.3 is 0 Å². The van der Waals surface area contributed by atoms with E-state index in [1.807, 2.05) is 121 Å². The van der Waals surface area contributed by atoms with Gasteiger partial charge in [-0.25, -0.2) is 18.7 Å². The summed E-state index contributed by atoms with van der Waals surface area (Å²) in [5, 5.41) is 0. The molecule has 13 nitrogen and oxygen atoms in total. The molecule has 4 amide bonds. The third kappa shape index (κ3) is 9.61. The second kappa shape index (κ2) is 21.6. The van der Waals surface area contributed by atoms with Gasteiger partial charge in [0.05, 0.1) is 59.6 Å². The highest BCUT2D eigenvalue weighted by Crippen LogP contribution is 2.45. The van der Waals surface area contributed by atoms with Gasteiger partial charge in [0.1, 0.15) is 34.9 Å². The first kappa shape index (κ1) is 50.0. The van der Waals surface area contributed by atoms with Crippen LogP contribution in [0.25, 0.3) is 22.1 Å². The highest BCUT2D eigenvalue weighted by molar-refractivity contribution is 6.26. The minimum Gasteiger partial charge on any atom is -0.478 e. The number of rotatable bonds is 18. The van der Waals surface area contributed by atoms with Gasteiger partial charge in [-0.1, -0.05) is 146 Å². The summed E-state index contributed by atoms with van der Waals surface area (Å²) < 4.78 is 48.5. The van der Waals surface area contributed by atoms with Crippen LogP contribution in [0.15, 0.2) is 195 Å². The van der Waals surface area contributed by atoms with Crippen molar-refractivity contribution in [3.8, 4) is 11.5 Å². The van der Waals surface area contributed by atoms with Gasteiger partial charge in [0.15, 0.2) is 11.5 Å². The average Bonchev–Trinajstić information content (AvgIpc) is 4.06. The number of amides is 4. The van der Waals surface area contributed by atoms with Gasteiger partial charge in [0, 0.05) is 24.8 Å². The normalized spacial score (nSPS) is 13.1. The van der Waals surface area contributed by atoms with Crippen molar-refractivity contribution in [2.24, 2.45) is 0 Å². The SMILES string of the molecule is O=C1c2c(c(OC(c3ccccc3)c3ccccc3)c3nccnc3c2CCOCCc2c3c(c(OC(c4ccccc4)c4ccccc4)c4nccnc24)C(=O)N(Cc2ccc(F)cc2)C3=O)C(=O)N1Cc1ccc(F)cc1. The summed E-state index contributed by atoms with van der Waals surface area (Å²) >= 11 is 0. The second-order valence-corrected chi connectivity index (χ2v) is 19.0. The molecule has 0 aliphatic carbocycles. The topological polar surface area (TPSA) is 154 Å². The van der Waals surface area contributed by atoms with Gasteiger partial charge < -0.3 is 14.2 Å². The van der Waals surface area contributed by atoms with E-state index in [1.165, 1.54) is 73.3 Å². The van der Waals surface area contributed by atoms with Crippen molar-refractivity contribution in [3.63, 3.8) is 0 Å². The average molecular weight is 1050 g/mol. The number of hydrogen-bond acceptors (Lipinski definition) is 11. The Morgan fingerprint density at radius 3 is 1.01 bits per heavy atom. The highest BCUT2D eigenvalue weighted by Gasteiger charge is 2.45. The molecule has 2 aromatic heterocycles. The molecule has 0 spiro atoms. The van der Waals surface area contributed by atoms with E-state index in [0.717, 1.165) is 32.1 Å². The minimum absolute atomic E-state index is 0.000796. The van der Waals surface area contributed by atoms with Gasteiger partial charge in [-0.2, -0.15) is 0 Å². The van der Waals surface area contributed by atoms with Crippen molar-refractivity contribution in [1.82, 2.24) is 29.7 Å². The van der Waals surface area contributed by atoms with Gasteiger partial charge in [-0.3, -0.25) is 38.9 Å². The van der Waals surface area contributed by atoms with E-state index < -0.39 is 47.5 Å². The number of imide groups is 2. The number of hydrogen-bond donors (Lipinski definition) is 0. The van der Waals surface area contributed by atoms with Crippen molar-refractivity contribution >= 4 is 45.7 Å². The van der Waals surface area contributed by atoms with E-state index in [4.69, 9.17) is 34.1 Å². The lowest BCUT2D eigenvalue weighted by atomic mass is 9.96. The van der Waals surface area contributed by atoms with Crippen LogP contribution in [0.3, 0.4) is 0 Å². The van der Waals surface area contributed by atoms with Crippen LogP contribution in [0.2, 0.25) is 0 Å². The molecule has 0 atom stereocenters. The Morgan fingerprint density at radius 2 is 0.684 bits per heavy atom. The second-order valence-electron chi connectivity index (χ2n) is 19.0. The van der Waals surface area contributed by atoms with Crippen molar-refractivity contribution in [1.29, 1.82) is 0 Å². The zero-order valence-electron chi connectivity index (χ0n) is 42.2. The van der Waals surface area contributed by atoms with Crippen molar-refractivity contribution in [2.75, 3.05) is 13.2 Å².